The van der Waals surface area contributed by atoms with E-state index < -0.39 is 15.8 Å². The zero-order valence-electron chi connectivity index (χ0n) is 11.4. The molecule has 0 heterocycles. The summed E-state index contributed by atoms with van der Waals surface area (Å²) in [5.74, 6) is -0.827. The molecule has 21 heavy (non-hydrogen) atoms. The van der Waals surface area contributed by atoms with E-state index in [4.69, 9.17) is 0 Å². The molecule has 0 bridgehead atoms. The molecule has 0 saturated carbocycles. The van der Waals surface area contributed by atoms with Crippen LogP contribution in [0.3, 0.4) is 0 Å². The van der Waals surface area contributed by atoms with E-state index in [0.717, 1.165) is 17.7 Å². The van der Waals surface area contributed by atoms with E-state index in [1.807, 2.05) is 0 Å². The molecule has 0 radical (unpaired) electrons. The highest BCUT2D eigenvalue weighted by Crippen LogP contribution is 2.12. The van der Waals surface area contributed by atoms with Crippen molar-refractivity contribution < 1.29 is 17.2 Å². The van der Waals surface area contributed by atoms with Gasteiger partial charge in [0.1, 0.15) is 11.6 Å². The molecule has 0 saturated heterocycles. The molecule has 0 fully saturated rings. The Morgan fingerprint density at radius 3 is 1.95 bits per heavy atom. The molecule has 2 aromatic carbocycles. The van der Waals surface area contributed by atoms with Gasteiger partial charge in [0.2, 0.25) is 10.0 Å². The minimum absolute atomic E-state index is 0.00913. The Morgan fingerprint density at radius 1 is 0.952 bits per heavy atom. The summed E-state index contributed by atoms with van der Waals surface area (Å²) in [6, 6.07) is 10.1. The van der Waals surface area contributed by atoms with Crippen molar-refractivity contribution in [1.82, 2.24) is 4.72 Å². The van der Waals surface area contributed by atoms with Gasteiger partial charge < -0.3 is 0 Å². The number of hydrogen-bond donors (Lipinski definition) is 1. The second kappa shape index (κ2) is 6.32. The Kier molecular flexibility index (Phi) is 4.69. The van der Waals surface area contributed by atoms with E-state index >= 15 is 0 Å². The summed E-state index contributed by atoms with van der Waals surface area (Å²) in [4.78, 5) is 0.00913. The third kappa shape index (κ3) is 4.34. The number of benzene rings is 2. The van der Waals surface area contributed by atoms with Gasteiger partial charge in [0.15, 0.2) is 0 Å². The molecule has 3 nitrogen and oxygen atoms in total. The normalized spacial score (nSPS) is 13.1. The zero-order chi connectivity index (χ0) is 15.5. The molecule has 6 heteroatoms. The maximum atomic E-state index is 12.8. The van der Waals surface area contributed by atoms with Crippen LogP contribution in [0.15, 0.2) is 53.4 Å². The Balaban J connectivity index is 2.05. The van der Waals surface area contributed by atoms with Crippen LogP contribution in [0.1, 0.15) is 12.5 Å². The van der Waals surface area contributed by atoms with Crippen LogP contribution in [0.2, 0.25) is 0 Å². The summed E-state index contributed by atoms with van der Waals surface area (Å²) in [6.07, 6.45) is 0.431. The topological polar surface area (TPSA) is 46.2 Å². The maximum Gasteiger partial charge on any atom is 0.240 e. The molecule has 0 aromatic heterocycles. The smallest absolute Gasteiger partial charge is 0.208 e. The first kappa shape index (κ1) is 15.6. The first-order valence-electron chi connectivity index (χ1n) is 6.39. The van der Waals surface area contributed by atoms with Crippen molar-refractivity contribution in [1.29, 1.82) is 0 Å². The van der Waals surface area contributed by atoms with E-state index in [9.17, 15) is 17.2 Å². The highest BCUT2D eigenvalue weighted by atomic mass is 32.2. The van der Waals surface area contributed by atoms with Gasteiger partial charge in [-0.15, -0.1) is 0 Å². The minimum Gasteiger partial charge on any atom is -0.208 e. The lowest BCUT2D eigenvalue weighted by Gasteiger charge is -2.14. The van der Waals surface area contributed by atoms with Crippen LogP contribution in [0.25, 0.3) is 0 Å². The number of sulfonamides is 1. The van der Waals surface area contributed by atoms with Gasteiger partial charge in [0.05, 0.1) is 4.90 Å². The second-order valence-corrected chi connectivity index (χ2v) is 6.52. The number of nitrogens with one attached hydrogen (secondary N) is 1. The number of halogens is 2. The van der Waals surface area contributed by atoms with E-state index in [0.29, 0.717) is 6.42 Å². The van der Waals surface area contributed by atoms with Gasteiger partial charge in [-0.05, 0) is 55.3 Å². The van der Waals surface area contributed by atoms with Gasteiger partial charge in [-0.2, -0.15) is 0 Å². The van der Waals surface area contributed by atoms with Crippen LogP contribution in [0.5, 0.6) is 0 Å². The van der Waals surface area contributed by atoms with Crippen molar-refractivity contribution in [2.45, 2.75) is 24.3 Å². The van der Waals surface area contributed by atoms with Crippen molar-refractivity contribution in [3.05, 3.63) is 65.7 Å². The summed E-state index contributed by atoms with van der Waals surface area (Å²) >= 11 is 0. The molecule has 0 spiro atoms. The molecule has 0 aliphatic carbocycles. The van der Waals surface area contributed by atoms with Crippen molar-refractivity contribution in [2.24, 2.45) is 0 Å². The third-order valence-corrected chi connectivity index (χ3v) is 4.54. The average Bonchev–Trinajstić information content (AvgIpc) is 2.41. The maximum absolute atomic E-state index is 12.8. The van der Waals surface area contributed by atoms with E-state index in [1.54, 1.807) is 19.1 Å². The molecular formula is C15H15F2NO2S. The van der Waals surface area contributed by atoms with Gasteiger partial charge in [0, 0.05) is 6.04 Å². The van der Waals surface area contributed by atoms with E-state index in [-0.39, 0.29) is 16.8 Å². The molecule has 1 unspecified atom stereocenters. The SMILES string of the molecule is CC(Cc1ccc(F)cc1)NS(=O)(=O)c1ccc(F)cc1. The zero-order valence-corrected chi connectivity index (χ0v) is 12.2. The summed E-state index contributed by atoms with van der Waals surface area (Å²) in [5, 5.41) is 0. The van der Waals surface area contributed by atoms with Crippen molar-refractivity contribution in [3.63, 3.8) is 0 Å². The first-order valence-corrected chi connectivity index (χ1v) is 7.87. The van der Waals surface area contributed by atoms with E-state index in [2.05, 4.69) is 4.72 Å². The molecule has 1 atom stereocenters. The summed E-state index contributed by atoms with van der Waals surface area (Å²) in [7, 11) is -3.70. The predicted molar refractivity (Wildman–Crippen MR) is 76.3 cm³/mol. The third-order valence-electron chi connectivity index (χ3n) is 2.94. The standard InChI is InChI=1S/C15H15F2NO2S/c1-11(10-12-2-4-13(16)5-3-12)18-21(19,20)15-8-6-14(17)7-9-15/h2-9,11,18H,10H2,1H3. The predicted octanol–water partition coefficient (Wildman–Crippen LogP) is 2.87. The Bertz CT molecular complexity index is 697. The molecule has 112 valence electrons. The van der Waals surface area contributed by atoms with Crippen LogP contribution < -0.4 is 4.72 Å². The average molecular weight is 311 g/mol. The van der Waals surface area contributed by atoms with E-state index in [1.165, 1.54) is 24.3 Å². The fourth-order valence-corrected chi connectivity index (χ4v) is 3.21. The Hall–Kier alpha value is -1.79. The van der Waals surface area contributed by atoms with Gasteiger partial charge in [-0.3, -0.25) is 0 Å². The first-order chi connectivity index (χ1) is 9.87. The summed E-state index contributed by atoms with van der Waals surface area (Å²) in [6.45, 7) is 1.71. The lowest BCUT2D eigenvalue weighted by molar-refractivity contribution is 0.558. The van der Waals surface area contributed by atoms with Crippen LogP contribution in [0, 0.1) is 11.6 Å². The van der Waals surface area contributed by atoms with Crippen LogP contribution in [-0.4, -0.2) is 14.5 Å². The van der Waals surface area contributed by atoms with Crippen LogP contribution >= 0.6 is 0 Å². The molecular weight excluding hydrogens is 296 g/mol. The Labute approximate surface area is 122 Å². The molecule has 0 aliphatic heterocycles. The molecule has 1 N–H and O–H groups in total. The van der Waals surface area contributed by atoms with Crippen LogP contribution in [-0.2, 0) is 16.4 Å². The van der Waals surface area contributed by atoms with Crippen LogP contribution in [0.4, 0.5) is 8.78 Å². The monoisotopic (exact) mass is 311 g/mol. The molecule has 0 amide bonds. The van der Waals surface area contributed by atoms with Gasteiger partial charge in [-0.25, -0.2) is 21.9 Å². The fourth-order valence-electron chi connectivity index (χ4n) is 1.96. The van der Waals surface area contributed by atoms with Crippen molar-refractivity contribution in [3.8, 4) is 0 Å². The van der Waals surface area contributed by atoms with Crippen molar-refractivity contribution in [2.75, 3.05) is 0 Å². The number of hydrogen-bond acceptors (Lipinski definition) is 2. The fraction of sp³-hybridized carbons (Fsp3) is 0.200. The lowest BCUT2D eigenvalue weighted by Crippen LogP contribution is -2.34. The second-order valence-electron chi connectivity index (χ2n) is 4.81. The highest BCUT2D eigenvalue weighted by Gasteiger charge is 2.17. The molecule has 0 aliphatic rings. The van der Waals surface area contributed by atoms with Gasteiger partial charge in [-0.1, -0.05) is 12.1 Å². The minimum atomic E-state index is -3.70. The summed E-state index contributed by atoms with van der Waals surface area (Å²) in [5.41, 5.74) is 0.825. The Morgan fingerprint density at radius 2 is 1.43 bits per heavy atom. The quantitative estimate of drug-likeness (QED) is 0.923. The van der Waals surface area contributed by atoms with Gasteiger partial charge >= 0.3 is 0 Å². The number of rotatable bonds is 5. The molecule has 2 aromatic rings. The van der Waals surface area contributed by atoms with Crippen molar-refractivity contribution >= 4 is 10.0 Å². The highest BCUT2D eigenvalue weighted by molar-refractivity contribution is 7.89. The summed E-state index contributed by atoms with van der Waals surface area (Å²) < 4.78 is 52.3. The largest absolute Gasteiger partial charge is 0.240 e. The lowest BCUT2D eigenvalue weighted by atomic mass is 10.1. The van der Waals surface area contributed by atoms with Gasteiger partial charge in [0.25, 0.3) is 0 Å². The molecule has 2 rings (SSSR count).